The van der Waals surface area contributed by atoms with Crippen LogP contribution in [0.2, 0.25) is 0 Å². The quantitative estimate of drug-likeness (QED) is 0.623. The van der Waals surface area contributed by atoms with Crippen LogP contribution in [0.25, 0.3) is 10.6 Å². The molecule has 0 aliphatic rings. The number of carbonyl (C=O) groups is 1. The molecule has 1 amide bonds. The number of amides is 1. The maximum absolute atomic E-state index is 13.2. The SMILES string of the molecule is CCCCn1c(N)c(N(C)C(=O)c2sc(-c3ccc(F)cc3)nc2C)c(=O)[nH]c1=O. The first-order valence-corrected chi connectivity index (χ1v) is 10.2. The fourth-order valence-electron chi connectivity index (χ4n) is 3.00. The lowest BCUT2D eigenvalue weighted by molar-refractivity contribution is 0.0995. The molecular formula is C20H22FN5O3S. The molecule has 10 heteroatoms. The van der Waals surface area contributed by atoms with Gasteiger partial charge < -0.3 is 10.6 Å². The van der Waals surface area contributed by atoms with Gasteiger partial charge in [-0.2, -0.15) is 0 Å². The van der Waals surface area contributed by atoms with Crippen LogP contribution >= 0.6 is 11.3 Å². The number of carbonyl (C=O) groups excluding carboxylic acids is 1. The minimum atomic E-state index is -0.734. The number of benzene rings is 1. The molecule has 2 aromatic heterocycles. The number of thiazole rings is 1. The molecule has 2 heterocycles. The number of aromatic amines is 1. The second-order valence-electron chi connectivity index (χ2n) is 6.80. The number of nitrogens with zero attached hydrogens (tertiary/aromatic N) is 3. The zero-order valence-electron chi connectivity index (χ0n) is 16.9. The number of H-pyrrole nitrogens is 1. The Bertz CT molecular complexity index is 1200. The maximum Gasteiger partial charge on any atom is 0.330 e. The van der Waals surface area contributed by atoms with Gasteiger partial charge in [-0.05, 0) is 37.6 Å². The van der Waals surface area contributed by atoms with Gasteiger partial charge in [-0.25, -0.2) is 14.2 Å². The van der Waals surface area contributed by atoms with Crippen LogP contribution < -0.4 is 21.9 Å². The Kier molecular flexibility index (Phi) is 6.16. The maximum atomic E-state index is 13.2. The number of hydrogen-bond acceptors (Lipinski definition) is 6. The fraction of sp³-hybridized carbons (Fsp3) is 0.300. The number of rotatable bonds is 6. The summed E-state index contributed by atoms with van der Waals surface area (Å²) in [6.07, 6.45) is 1.53. The highest BCUT2D eigenvalue weighted by Gasteiger charge is 2.25. The number of aryl methyl sites for hydroxylation is 1. The third kappa shape index (κ3) is 4.04. The number of nitrogen functional groups attached to an aromatic ring is 1. The van der Waals surface area contributed by atoms with Crippen molar-refractivity contribution in [3.63, 3.8) is 0 Å². The molecule has 0 fully saturated rings. The number of unbranched alkanes of at least 4 members (excludes halogenated alkanes) is 1. The van der Waals surface area contributed by atoms with Gasteiger partial charge in [-0.3, -0.25) is 19.1 Å². The first kappa shape index (κ1) is 21.4. The topological polar surface area (TPSA) is 114 Å². The number of anilines is 2. The lowest BCUT2D eigenvalue weighted by Crippen LogP contribution is -2.39. The second-order valence-corrected chi connectivity index (χ2v) is 7.80. The highest BCUT2D eigenvalue weighted by Crippen LogP contribution is 2.30. The van der Waals surface area contributed by atoms with Gasteiger partial charge in [0.25, 0.3) is 11.5 Å². The third-order valence-electron chi connectivity index (χ3n) is 4.67. The van der Waals surface area contributed by atoms with E-state index < -0.39 is 17.2 Å². The third-order valence-corrected chi connectivity index (χ3v) is 5.87. The van der Waals surface area contributed by atoms with E-state index in [0.717, 1.165) is 22.7 Å². The van der Waals surface area contributed by atoms with Crippen LogP contribution in [0.3, 0.4) is 0 Å². The molecule has 3 N–H and O–H groups in total. The fourth-order valence-corrected chi connectivity index (χ4v) is 4.05. The highest BCUT2D eigenvalue weighted by molar-refractivity contribution is 7.17. The molecule has 3 rings (SSSR count). The van der Waals surface area contributed by atoms with Crippen LogP contribution in [0.5, 0.6) is 0 Å². The molecule has 0 aliphatic heterocycles. The van der Waals surface area contributed by atoms with Gasteiger partial charge in [0.15, 0.2) is 5.69 Å². The summed E-state index contributed by atoms with van der Waals surface area (Å²) < 4.78 is 14.4. The number of nitrogens with one attached hydrogen (secondary N) is 1. The first-order chi connectivity index (χ1) is 14.2. The zero-order chi connectivity index (χ0) is 22.0. The van der Waals surface area contributed by atoms with E-state index in [1.807, 2.05) is 6.92 Å². The van der Waals surface area contributed by atoms with E-state index >= 15 is 0 Å². The summed E-state index contributed by atoms with van der Waals surface area (Å²) >= 11 is 1.14. The van der Waals surface area contributed by atoms with Gasteiger partial charge in [0, 0.05) is 19.2 Å². The minimum Gasteiger partial charge on any atom is -0.383 e. The van der Waals surface area contributed by atoms with Crippen LogP contribution in [0.4, 0.5) is 15.9 Å². The smallest absolute Gasteiger partial charge is 0.330 e. The summed E-state index contributed by atoms with van der Waals surface area (Å²) in [6.45, 7) is 3.98. The summed E-state index contributed by atoms with van der Waals surface area (Å²) in [7, 11) is 1.43. The number of nitrogens with two attached hydrogens (primary N) is 1. The van der Waals surface area contributed by atoms with Gasteiger partial charge in [-0.1, -0.05) is 13.3 Å². The standard InChI is InChI=1S/C20H22FN5O3S/c1-4-5-10-26-16(22)14(17(27)24-20(26)29)25(3)19(28)15-11(2)23-18(30-15)12-6-8-13(21)9-7-12/h6-9H,4-5,10,22H2,1-3H3,(H,24,27,29). The van der Waals surface area contributed by atoms with Gasteiger partial charge in [0.05, 0.1) is 5.69 Å². The summed E-state index contributed by atoms with van der Waals surface area (Å²) in [5, 5.41) is 0.555. The van der Waals surface area contributed by atoms with Gasteiger partial charge in [-0.15, -0.1) is 11.3 Å². The predicted octanol–water partition coefficient (Wildman–Crippen LogP) is 2.77. The van der Waals surface area contributed by atoms with E-state index in [9.17, 15) is 18.8 Å². The Morgan fingerprint density at radius 2 is 1.97 bits per heavy atom. The number of aromatic nitrogens is 3. The van der Waals surface area contributed by atoms with Gasteiger partial charge in [0.2, 0.25) is 0 Å². The molecule has 0 aliphatic carbocycles. The molecule has 0 spiro atoms. The molecule has 158 valence electrons. The van der Waals surface area contributed by atoms with Crippen molar-refractivity contribution in [2.24, 2.45) is 0 Å². The molecule has 30 heavy (non-hydrogen) atoms. The molecule has 1 aromatic carbocycles. The average Bonchev–Trinajstić information content (AvgIpc) is 3.09. The van der Waals surface area contributed by atoms with Gasteiger partial charge in [0.1, 0.15) is 21.5 Å². The Balaban J connectivity index is 1.99. The molecule has 0 saturated heterocycles. The van der Waals surface area contributed by atoms with Gasteiger partial charge >= 0.3 is 5.69 Å². The van der Waals surface area contributed by atoms with Crippen LogP contribution in [0.15, 0.2) is 33.9 Å². The van der Waals surface area contributed by atoms with E-state index in [-0.39, 0.29) is 17.3 Å². The Morgan fingerprint density at radius 3 is 2.60 bits per heavy atom. The molecule has 0 atom stereocenters. The average molecular weight is 431 g/mol. The summed E-state index contributed by atoms with van der Waals surface area (Å²) in [4.78, 5) is 45.7. The van der Waals surface area contributed by atoms with Crippen molar-refractivity contribution in [2.75, 3.05) is 17.7 Å². The molecule has 3 aromatic rings. The highest BCUT2D eigenvalue weighted by atomic mass is 32.1. The van der Waals surface area contributed by atoms with Crippen molar-refractivity contribution in [1.29, 1.82) is 0 Å². The molecule has 0 saturated carbocycles. The van der Waals surface area contributed by atoms with Crippen LogP contribution in [0.1, 0.15) is 35.1 Å². The Hall–Kier alpha value is -3.27. The molecule has 0 radical (unpaired) electrons. The van der Waals surface area contributed by atoms with Crippen LogP contribution in [-0.2, 0) is 6.54 Å². The largest absolute Gasteiger partial charge is 0.383 e. The predicted molar refractivity (Wildman–Crippen MR) is 116 cm³/mol. The molecule has 8 nitrogen and oxygen atoms in total. The van der Waals surface area contributed by atoms with Crippen LogP contribution in [-0.4, -0.2) is 27.5 Å². The number of halogens is 1. The van der Waals surface area contributed by atoms with Crippen molar-refractivity contribution < 1.29 is 9.18 Å². The van der Waals surface area contributed by atoms with Crippen molar-refractivity contribution in [3.8, 4) is 10.6 Å². The first-order valence-electron chi connectivity index (χ1n) is 9.38. The summed E-state index contributed by atoms with van der Waals surface area (Å²) in [5.74, 6) is -0.902. The van der Waals surface area contributed by atoms with E-state index in [4.69, 9.17) is 5.73 Å². The zero-order valence-corrected chi connectivity index (χ0v) is 17.7. The minimum absolute atomic E-state index is 0.0611. The summed E-state index contributed by atoms with van der Waals surface area (Å²) in [6, 6.07) is 5.80. The molecular weight excluding hydrogens is 409 g/mol. The van der Waals surface area contributed by atoms with Crippen molar-refractivity contribution >= 4 is 28.7 Å². The lowest BCUT2D eigenvalue weighted by Gasteiger charge is -2.20. The van der Waals surface area contributed by atoms with E-state index in [1.54, 1.807) is 19.1 Å². The molecule has 0 unspecified atom stereocenters. The lowest BCUT2D eigenvalue weighted by atomic mass is 10.2. The van der Waals surface area contributed by atoms with E-state index in [1.165, 1.54) is 23.7 Å². The molecule has 0 bridgehead atoms. The number of hydrogen-bond donors (Lipinski definition) is 2. The summed E-state index contributed by atoms with van der Waals surface area (Å²) in [5.41, 5.74) is 5.81. The second kappa shape index (κ2) is 8.62. The Labute approximate surface area is 175 Å². The van der Waals surface area contributed by atoms with Crippen molar-refractivity contribution in [2.45, 2.75) is 33.2 Å². The monoisotopic (exact) mass is 431 g/mol. The van der Waals surface area contributed by atoms with E-state index in [2.05, 4.69) is 9.97 Å². The van der Waals surface area contributed by atoms with Crippen LogP contribution in [0, 0.1) is 12.7 Å². The van der Waals surface area contributed by atoms with Crippen molar-refractivity contribution in [3.05, 3.63) is 61.5 Å². The van der Waals surface area contributed by atoms with Crippen molar-refractivity contribution in [1.82, 2.24) is 14.5 Å². The van der Waals surface area contributed by atoms with E-state index in [0.29, 0.717) is 34.1 Å². The Morgan fingerprint density at radius 1 is 1.30 bits per heavy atom. The normalized spacial score (nSPS) is 10.9.